The van der Waals surface area contributed by atoms with Crippen LogP contribution in [-0.2, 0) is 4.74 Å². The van der Waals surface area contributed by atoms with Gasteiger partial charge in [0.05, 0.1) is 13.2 Å². The number of methoxy groups -OCH3 is 1. The summed E-state index contributed by atoms with van der Waals surface area (Å²) in [5.41, 5.74) is 6.37. The van der Waals surface area contributed by atoms with E-state index in [2.05, 4.69) is 4.99 Å². The highest BCUT2D eigenvalue weighted by Gasteiger charge is 1.84. The molecule has 3 heteroatoms. The van der Waals surface area contributed by atoms with E-state index in [0.29, 0.717) is 13.2 Å². The van der Waals surface area contributed by atoms with Gasteiger partial charge in [-0.3, -0.25) is 4.99 Å². The Hall–Kier alpha value is -0.830. The van der Waals surface area contributed by atoms with Gasteiger partial charge >= 0.3 is 0 Å². The molecule has 2 N–H and O–H groups in total. The summed E-state index contributed by atoms with van der Waals surface area (Å²) in [5.74, 6) is 0. The third-order valence-corrected chi connectivity index (χ3v) is 1.30. The molecule has 0 atom stereocenters. The molecule has 11 heavy (non-hydrogen) atoms. The van der Waals surface area contributed by atoms with E-state index >= 15 is 0 Å². The molecule has 0 amide bonds. The van der Waals surface area contributed by atoms with Crippen molar-refractivity contribution in [3.05, 3.63) is 11.8 Å². The SMILES string of the molecule is CCC(C=NCCOC)=CN. The Labute approximate surface area is 68.0 Å². The molecule has 0 radical (unpaired) electrons. The molecule has 0 aliphatic rings. The molecule has 0 saturated carbocycles. The smallest absolute Gasteiger partial charge is 0.0658 e. The fraction of sp³-hybridized carbons (Fsp3) is 0.625. The molecule has 0 heterocycles. The van der Waals surface area contributed by atoms with Crippen molar-refractivity contribution in [1.29, 1.82) is 0 Å². The molecule has 0 bridgehead atoms. The third-order valence-electron chi connectivity index (χ3n) is 1.30. The van der Waals surface area contributed by atoms with E-state index in [0.717, 1.165) is 12.0 Å². The standard InChI is InChI=1S/C8H16N2O/c1-3-8(6-9)7-10-4-5-11-2/h6-7H,3-5,9H2,1-2H3. The van der Waals surface area contributed by atoms with Crippen molar-refractivity contribution in [2.45, 2.75) is 13.3 Å². The average molecular weight is 156 g/mol. The Morgan fingerprint density at radius 2 is 2.36 bits per heavy atom. The van der Waals surface area contributed by atoms with Crippen molar-refractivity contribution in [2.24, 2.45) is 10.7 Å². The number of aliphatic imine (C=N–C) groups is 1. The molecule has 0 aliphatic carbocycles. The zero-order valence-corrected chi connectivity index (χ0v) is 7.21. The largest absolute Gasteiger partial charge is 0.404 e. The molecule has 0 spiro atoms. The van der Waals surface area contributed by atoms with Gasteiger partial charge in [-0.05, 0) is 18.2 Å². The second-order valence-corrected chi connectivity index (χ2v) is 2.12. The quantitative estimate of drug-likeness (QED) is 0.476. The van der Waals surface area contributed by atoms with Gasteiger partial charge in [-0.15, -0.1) is 0 Å². The number of allylic oxidation sites excluding steroid dienone is 1. The lowest BCUT2D eigenvalue weighted by molar-refractivity contribution is 0.208. The highest BCUT2D eigenvalue weighted by atomic mass is 16.5. The van der Waals surface area contributed by atoms with Crippen LogP contribution in [0, 0.1) is 0 Å². The first-order valence-corrected chi connectivity index (χ1v) is 3.74. The van der Waals surface area contributed by atoms with Crippen molar-refractivity contribution in [1.82, 2.24) is 0 Å². The fourth-order valence-corrected chi connectivity index (χ4v) is 0.578. The summed E-state index contributed by atoms with van der Waals surface area (Å²) in [4.78, 5) is 4.10. The maximum Gasteiger partial charge on any atom is 0.0658 e. The third kappa shape index (κ3) is 5.61. The zero-order valence-electron chi connectivity index (χ0n) is 7.21. The second-order valence-electron chi connectivity index (χ2n) is 2.12. The number of ether oxygens (including phenoxy) is 1. The summed E-state index contributed by atoms with van der Waals surface area (Å²) in [6, 6.07) is 0. The van der Waals surface area contributed by atoms with E-state index in [9.17, 15) is 0 Å². The lowest BCUT2D eigenvalue weighted by Gasteiger charge is -1.94. The predicted octanol–water partition coefficient (Wildman–Crippen LogP) is 0.956. The van der Waals surface area contributed by atoms with Gasteiger partial charge in [0.15, 0.2) is 0 Å². The van der Waals surface area contributed by atoms with Crippen LogP contribution in [0.15, 0.2) is 16.8 Å². The van der Waals surface area contributed by atoms with Gasteiger partial charge in [0, 0.05) is 13.3 Å². The van der Waals surface area contributed by atoms with E-state index in [4.69, 9.17) is 10.5 Å². The van der Waals surface area contributed by atoms with Gasteiger partial charge < -0.3 is 10.5 Å². The molecule has 0 unspecified atom stereocenters. The molecular weight excluding hydrogens is 140 g/mol. The molecule has 0 rings (SSSR count). The van der Waals surface area contributed by atoms with E-state index in [1.807, 2.05) is 6.92 Å². The second kappa shape index (κ2) is 7.28. The van der Waals surface area contributed by atoms with Crippen LogP contribution in [-0.4, -0.2) is 26.5 Å². The summed E-state index contributed by atoms with van der Waals surface area (Å²) in [7, 11) is 1.66. The Kier molecular flexibility index (Phi) is 6.73. The number of nitrogens with two attached hydrogens (primary N) is 1. The summed E-state index contributed by atoms with van der Waals surface area (Å²) in [6.07, 6.45) is 4.29. The average Bonchev–Trinajstić information content (AvgIpc) is 2.05. The van der Waals surface area contributed by atoms with Gasteiger partial charge in [-0.2, -0.15) is 0 Å². The topological polar surface area (TPSA) is 47.6 Å². The van der Waals surface area contributed by atoms with E-state index in [1.54, 1.807) is 19.5 Å². The molecule has 0 aromatic carbocycles. The minimum atomic E-state index is 0.665. The van der Waals surface area contributed by atoms with Crippen LogP contribution in [0.5, 0.6) is 0 Å². The lowest BCUT2D eigenvalue weighted by atomic mass is 10.2. The molecule has 3 nitrogen and oxygen atoms in total. The highest BCUT2D eigenvalue weighted by molar-refractivity contribution is 5.78. The van der Waals surface area contributed by atoms with Gasteiger partial charge in [-0.1, -0.05) is 6.92 Å². The first kappa shape index (κ1) is 10.2. The van der Waals surface area contributed by atoms with Crippen molar-refractivity contribution in [2.75, 3.05) is 20.3 Å². The zero-order chi connectivity index (χ0) is 8.53. The minimum absolute atomic E-state index is 0.665. The number of nitrogens with zero attached hydrogens (tertiary/aromatic N) is 1. The summed E-state index contributed by atoms with van der Waals surface area (Å²) >= 11 is 0. The van der Waals surface area contributed by atoms with Gasteiger partial charge in [0.1, 0.15) is 0 Å². The van der Waals surface area contributed by atoms with Crippen LogP contribution in [0.2, 0.25) is 0 Å². The number of rotatable bonds is 5. The maximum absolute atomic E-state index is 5.31. The summed E-state index contributed by atoms with van der Waals surface area (Å²) in [6.45, 7) is 3.41. The van der Waals surface area contributed by atoms with Crippen molar-refractivity contribution >= 4 is 6.21 Å². The van der Waals surface area contributed by atoms with E-state index in [1.165, 1.54) is 0 Å². The Balaban J connectivity index is 3.54. The van der Waals surface area contributed by atoms with Crippen molar-refractivity contribution in [3.8, 4) is 0 Å². The summed E-state index contributed by atoms with van der Waals surface area (Å²) in [5, 5.41) is 0. The minimum Gasteiger partial charge on any atom is -0.404 e. The lowest BCUT2D eigenvalue weighted by Crippen LogP contribution is -1.95. The van der Waals surface area contributed by atoms with E-state index in [-0.39, 0.29) is 0 Å². The Morgan fingerprint density at radius 3 is 2.82 bits per heavy atom. The van der Waals surface area contributed by atoms with Crippen molar-refractivity contribution < 1.29 is 4.74 Å². The van der Waals surface area contributed by atoms with Crippen LogP contribution in [0.1, 0.15) is 13.3 Å². The van der Waals surface area contributed by atoms with Crippen LogP contribution >= 0.6 is 0 Å². The molecule has 0 aliphatic heterocycles. The molecule has 0 fully saturated rings. The van der Waals surface area contributed by atoms with Crippen LogP contribution in [0.4, 0.5) is 0 Å². The molecular formula is C8H16N2O. The first-order chi connectivity index (χ1) is 5.35. The van der Waals surface area contributed by atoms with Crippen LogP contribution < -0.4 is 5.73 Å². The monoisotopic (exact) mass is 156 g/mol. The van der Waals surface area contributed by atoms with Gasteiger partial charge in [0.25, 0.3) is 0 Å². The normalized spacial score (nSPS) is 12.7. The number of hydrogen-bond acceptors (Lipinski definition) is 3. The van der Waals surface area contributed by atoms with E-state index < -0.39 is 0 Å². The predicted molar refractivity (Wildman–Crippen MR) is 47.8 cm³/mol. The van der Waals surface area contributed by atoms with Crippen LogP contribution in [0.3, 0.4) is 0 Å². The van der Waals surface area contributed by atoms with Gasteiger partial charge in [0.2, 0.25) is 0 Å². The Bertz CT molecular complexity index is 141. The fourth-order valence-electron chi connectivity index (χ4n) is 0.578. The van der Waals surface area contributed by atoms with Crippen molar-refractivity contribution in [3.63, 3.8) is 0 Å². The van der Waals surface area contributed by atoms with Gasteiger partial charge in [-0.25, -0.2) is 0 Å². The maximum atomic E-state index is 5.31. The first-order valence-electron chi connectivity index (χ1n) is 3.74. The number of hydrogen-bond donors (Lipinski definition) is 1. The molecule has 0 aromatic rings. The molecule has 0 aromatic heterocycles. The highest BCUT2D eigenvalue weighted by Crippen LogP contribution is 1.92. The Morgan fingerprint density at radius 1 is 1.64 bits per heavy atom. The summed E-state index contributed by atoms with van der Waals surface area (Å²) < 4.78 is 4.83. The molecule has 0 saturated heterocycles. The van der Waals surface area contributed by atoms with Crippen LogP contribution in [0.25, 0.3) is 0 Å². The molecule has 64 valence electrons.